The molecule has 2 heterocycles. The van der Waals surface area contributed by atoms with Crippen LogP contribution in [0.1, 0.15) is 12.8 Å². The van der Waals surface area contributed by atoms with Crippen LogP contribution in [0, 0.1) is 0 Å². The Morgan fingerprint density at radius 2 is 1.94 bits per heavy atom. The molecule has 2 aromatic heterocycles. The molecule has 0 fully saturated rings. The van der Waals surface area contributed by atoms with Crippen molar-refractivity contribution in [3.63, 3.8) is 0 Å². The van der Waals surface area contributed by atoms with Crippen LogP contribution in [0.25, 0.3) is 11.5 Å². The zero-order valence-electron chi connectivity index (χ0n) is 10.0. The summed E-state index contributed by atoms with van der Waals surface area (Å²) in [4.78, 5) is 10.5. The van der Waals surface area contributed by atoms with Crippen LogP contribution in [-0.4, -0.2) is 10.9 Å². The predicted molar refractivity (Wildman–Crippen MR) is 68.8 cm³/mol. The Hall–Kier alpha value is -2.36. The SMILES string of the molecule is C=CCC(=O)CC=C.c1coc(-c2ccon2)c1. The number of aromatic nitrogens is 1. The Balaban J connectivity index is 0.000000187. The number of furan rings is 1. The predicted octanol–water partition coefficient (Wildman–Crippen LogP) is 3.64. The summed E-state index contributed by atoms with van der Waals surface area (Å²) >= 11 is 0. The molecule has 4 nitrogen and oxygen atoms in total. The summed E-state index contributed by atoms with van der Waals surface area (Å²) in [5.41, 5.74) is 0.727. The van der Waals surface area contributed by atoms with Gasteiger partial charge in [0.2, 0.25) is 0 Å². The molecule has 0 aliphatic rings. The first-order chi connectivity index (χ1) is 8.77. The maximum atomic E-state index is 10.5. The molecule has 0 N–H and O–H groups in total. The van der Waals surface area contributed by atoms with Crippen LogP contribution in [0.4, 0.5) is 0 Å². The third-order valence-corrected chi connectivity index (χ3v) is 1.96. The van der Waals surface area contributed by atoms with E-state index in [0.29, 0.717) is 12.8 Å². The van der Waals surface area contributed by atoms with E-state index in [2.05, 4.69) is 22.8 Å². The highest BCUT2D eigenvalue weighted by molar-refractivity contribution is 5.80. The Bertz CT molecular complexity index is 425. The van der Waals surface area contributed by atoms with Crippen LogP contribution >= 0.6 is 0 Å². The molecular formula is C14H15NO3. The van der Waals surface area contributed by atoms with Crippen LogP contribution in [0.5, 0.6) is 0 Å². The third-order valence-electron chi connectivity index (χ3n) is 1.96. The molecule has 94 valence electrons. The van der Waals surface area contributed by atoms with Gasteiger partial charge in [-0.25, -0.2) is 0 Å². The molecule has 0 unspecified atom stereocenters. The van der Waals surface area contributed by atoms with E-state index in [-0.39, 0.29) is 5.78 Å². The lowest BCUT2D eigenvalue weighted by Crippen LogP contribution is -1.90. The molecule has 4 heteroatoms. The fourth-order valence-electron chi connectivity index (χ4n) is 1.17. The van der Waals surface area contributed by atoms with Crippen molar-refractivity contribution in [1.82, 2.24) is 5.16 Å². The molecule has 0 radical (unpaired) electrons. The fraction of sp³-hybridized carbons (Fsp3) is 0.143. The first-order valence-corrected chi connectivity index (χ1v) is 5.45. The van der Waals surface area contributed by atoms with E-state index in [1.54, 1.807) is 24.5 Å². The van der Waals surface area contributed by atoms with Gasteiger partial charge in [-0.2, -0.15) is 0 Å². The summed E-state index contributed by atoms with van der Waals surface area (Å²) in [5.74, 6) is 0.906. The standard InChI is InChI=1S/C7H5NO2.C7H10O/c1-2-7(9-4-1)6-3-5-10-8-6;1-3-5-7(8)6-4-2/h1-5H;3-4H,1-2,5-6H2. The molecule has 0 bridgehead atoms. The highest BCUT2D eigenvalue weighted by Gasteiger charge is 2.01. The van der Waals surface area contributed by atoms with E-state index in [4.69, 9.17) is 4.42 Å². The van der Waals surface area contributed by atoms with Gasteiger partial charge in [0.1, 0.15) is 17.7 Å². The average molecular weight is 245 g/mol. The Labute approximate surface area is 106 Å². The third kappa shape index (κ3) is 4.65. The molecule has 0 aromatic carbocycles. The van der Waals surface area contributed by atoms with Gasteiger partial charge < -0.3 is 8.94 Å². The van der Waals surface area contributed by atoms with Crippen molar-refractivity contribution in [2.24, 2.45) is 0 Å². The summed E-state index contributed by atoms with van der Waals surface area (Å²) < 4.78 is 9.68. The number of allylic oxidation sites excluding steroid dienone is 2. The number of nitrogens with zero attached hydrogens (tertiary/aromatic N) is 1. The van der Waals surface area contributed by atoms with E-state index in [1.165, 1.54) is 6.26 Å². The Morgan fingerprint density at radius 1 is 1.22 bits per heavy atom. The lowest BCUT2D eigenvalue weighted by molar-refractivity contribution is -0.117. The summed E-state index contributed by atoms with van der Waals surface area (Å²) in [7, 11) is 0. The van der Waals surface area contributed by atoms with Gasteiger partial charge >= 0.3 is 0 Å². The van der Waals surface area contributed by atoms with Gasteiger partial charge in [0.25, 0.3) is 0 Å². The lowest BCUT2D eigenvalue weighted by Gasteiger charge is -1.85. The van der Waals surface area contributed by atoms with Crippen LogP contribution in [0.3, 0.4) is 0 Å². The number of Topliss-reactive ketones (excluding diaryl/α,β-unsaturated/α-hetero) is 1. The molecule has 0 amide bonds. The zero-order valence-corrected chi connectivity index (χ0v) is 10.0. The normalized spacial score (nSPS) is 9.11. The van der Waals surface area contributed by atoms with Crippen LogP contribution in [0.2, 0.25) is 0 Å². The second-order valence-corrected chi connectivity index (χ2v) is 3.39. The molecule has 0 saturated carbocycles. The first kappa shape index (κ1) is 13.7. The fourth-order valence-corrected chi connectivity index (χ4v) is 1.17. The lowest BCUT2D eigenvalue weighted by atomic mass is 10.2. The van der Waals surface area contributed by atoms with E-state index in [1.807, 2.05) is 12.1 Å². The maximum absolute atomic E-state index is 10.5. The van der Waals surface area contributed by atoms with E-state index in [0.717, 1.165) is 11.5 Å². The molecular weight excluding hydrogens is 230 g/mol. The van der Waals surface area contributed by atoms with Crippen molar-refractivity contribution in [3.05, 3.63) is 56.0 Å². The number of hydrogen-bond donors (Lipinski definition) is 0. The van der Waals surface area contributed by atoms with Gasteiger partial charge in [-0.1, -0.05) is 17.3 Å². The number of hydrogen-bond acceptors (Lipinski definition) is 4. The van der Waals surface area contributed by atoms with Gasteiger partial charge in [0.15, 0.2) is 5.76 Å². The van der Waals surface area contributed by atoms with E-state index < -0.39 is 0 Å². The highest BCUT2D eigenvalue weighted by atomic mass is 16.5. The second kappa shape index (κ2) is 7.84. The Kier molecular flexibility index (Phi) is 5.97. The van der Waals surface area contributed by atoms with E-state index >= 15 is 0 Å². The second-order valence-electron chi connectivity index (χ2n) is 3.39. The van der Waals surface area contributed by atoms with Crippen LogP contribution in [-0.2, 0) is 4.79 Å². The monoisotopic (exact) mass is 245 g/mol. The topological polar surface area (TPSA) is 56.2 Å². The summed E-state index contributed by atoms with van der Waals surface area (Å²) in [5, 5.41) is 3.69. The minimum atomic E-state index is 0.176. The van der Waals surface area contributed by atoms with Crippen molar-refractivity contribution in [2.45, 2.75) is 12.8 Å². The molecule has 0 aliphatic carbocycles. The summed E-state index contributed by atoms with van der Waals surface area (Å²) in [6, 6.07) is 5.39. The number of carbonyl (C=O) groups is 1. The van der Waals surface area contributed by atoms with Gasteiger partial charge in [0, 0.05) is 18.9 Å². The minimum absolute atomic E-state index is 0.176. The molecule has 2 aromatic rings. The minimum Gasteiger partial charge on any atom is -0.463 e. The summed E-state index contributed by atoms with van der Waals surface area (Å²) in [6.45, 7) is 6.86. The van der Waals surface area contributed by atoms with Crippen molar-refractivity contribution in [3.8, 4) is 11.5 Å². The maximum Gasteiger partial charge on any atom is 0.155 e. The number of carbonyl (C=O) groups excluding carboxylic acids is 1. The molecule has 0 atom stereocenters. The molecule has 0 spiro atoms. The molecule has 0 aliphatic heterocycles. The largest absolute Gasteiger partial charge is 0.463 e. The zero-order chi connectivity index (χ0) is 13.2. The van der Waals surface area contributed by atoms with Crippen LogP contribution in [0.15, 0.2) is 65.0 Å². The quantitative estimate of drug-likeness (QED) is 0.754. The number of rotatable bonds is 5. The number of ketones is 1. The molecule has 18 heavy (non-hydrogen) atoms. The molecule has 2 rings (SSSR count). The van der Waals surface area contributed by atoms with Gasteiger partial charge in [0.05, 0.1) is 6.26 Å². The smallest absolute Gasteiger partial charge is 0.155 e. The van der Waals surface area contributed by atoms with Gasteiger partial charge in [-0.05, 0) is 12.1 Å². The van der Waals surface area contributed by atoms with Gasteiger partial charge in [-0.15, -0.1) is 13.2 Å². The molecule has 0 saturated heterocycles. The van der Waals surface area contributed by atoms with E-state index in [9.17, 15) is 4.79 Å². The van der Waals surface area contributed by atoms with Gasteiger partial charge in [-0.3, -0.25) is 4.79 Å². The highest BCUT2D eigenvalue weighted by Crippen LogP contribution is 2.15. The van der Waals surface area contributed by atoms with Crippen molar-refractivity contribution >= 4 is 5.78 Å². The summed E-state index contributed by atoms with van der Waals surface area (Å²) in [6.07, 6.45) is 7.25. The first-order valence-electron chi connectivity index (χ1n) is 5.45. The van der Waals surface area contributed by atoms with Crippen molar-refractivity contribution < 1.29 is 13.7 Å². The van der Waals surface area contributed by atoms with Crippen molar-refractivity contribution in [2.75, 3.05) is 0 Å². The van der Waals surface area contributed by atoms with Crippen molar-refractivity contribution in [1.29, 1.82) is 0 Å². The van der Waals surface area contributed by atoms with Crippen LogP contribution < -0.4 is 0 Å². The Morgan fingerprint density at radius 3 is 2.39 bits per heavy atom. The average Bonchev–Trinajstić information content (AvgIpc) is 3.04.